The van der Waals surface area contributed by atoms with Gasteiger partial charge in [0.25, 0.3) is 0 Å². The fourth-order valence-electron chi connectivity index (χ4n) is 1.19. The molecule has 0 rings (SSSR count). The lowest BCUT2D eigenvalue weighted by Crippen LogP contribution is -2.30. The number of hydrogen-bond donors (Lipinski definition) is 2. The van der Waals surface area contributed by atoms with E-state index in [1.54, 1.807) is 7.11 Å². The summed E-state index contributed by atoms with van der Waals surface area (Å²) in [5, 5.41) is 3.32. The van der Waals surface area contributed by atoms with Crippen molar-refractivity contribution in [3.8, 4) is 0 Å². The monoisotopic (exact) mass is 174 g/mol. The second-order valence-corrected chi connectivity index (χ2v) is 3.09. The minimum Gasteiger partial charge on any atom is -0.383 e. The van der Waals surface area contributed by atoms with Crippen LogP contribution in [0.1, 0.15) is 19.8 Å². The van der Waals surface area contributed by atoms with Gasteiger partial charge in [-0.15, -0.1) is 0 Å². The Morgan fingerprint density at radius 2 is 2.25 bits per heavy atom. The molecule has 0 aliphatic carbocycles. The highest BCUT2D eigenvalue weighted by Crippen LogP contribution is 2.01. The second kappa shape index (κ2) is 8.97. The van der Waals surface area contributed by atoms with Gasteiger partial charge in [0.2, 0.25) is 0 Å². The molecule has 1 atom stereocenters. The van der Waals surface area contributed by atoms with E-state index in [4.69, 9.17) is 10.5 Å². The molecule has 0 saturated carbocycles. The zero-order chi connectivity index (χ0) is 9.23. The Labute approximate surface area is 75.7 Å². The summed E-state index contributed by atoms with van der Waals surface area (Å²) in [6.45, 7) is 5.71. The summed E-state index contributed by atoms with van der Waals surface area (Å²) >= 11 is 0. The van der Waals surface area contributed by atoms with Crippen LogP contribution in [-0.4, -0.2) is 33.4 Å². The highest BCUT2D eigenvalue weighted by Gasteiger charge is 2.03. The minimum absolute atomic E-state index is 0.631. The Kier molecular flexibility index (Phi) is 8.88. The van der Waals surface area contributed by atoms with Crippen LogP contribution in [0.3, 0.4) is 0 Å². The van der Waals surface area contributed by atoms with E-state index in [0.29, 0.717) is 5.92 Å². The molecule has 0 amide bonds. The van der Waals surface area contributed by atoms with Gasteiger partial charge in [0.1, 0.15) is 0 Å². The van der Waals surface area contributed by atoms with E-state index in [2.05, 4.69) is 12.2 Å². The number of hydrogen-bond acceptors (Lipinski definition) is 3. The lowest BCUT2D eigenvalue weighted by atomic mass is 10.0. The summed E-state index contributed by atoms with van der Waals surface area (Å²) in [6.07, 6.45) is 2.43. The summed E-state index contributed by atoms with van der Waals surface area (Å²) < 4.78 is 4.92. The molecule has 0 heterocycles. The molecule has 3 heteroatoms. The third-order valence-electron chi connectivity index (χ3n) is 1.95. The Balaban J connectivity index is 3.19. The average molecular weight is 174 g/mol. The van der Waals surface area contributed by atoms with Crippen LogP contribution in [0.5, 0.6) is 0 Å². The molecule has 74 valence electrons. The van der Waals surface area contributed by atoms with Crippen LogP contribution in [0.2, 0.25) is 0 Å². The van der Waals surface area contributed by atoms with E-state index in [1.807, 2.05) is 0 Å². The third kappa shape index (κ3) is 6.58. The van der Waals surface area contributed by atoms with E-state index in [-0.39, 0.29) is 0 Å². The zero-order valence-electron chi connectivity index (χ0n) is 8.31. The first-order valence-corrected chi connectivity index (χ1v) is 4.74. The first-order valence-electron chi connectivity index (χ1n) is 4.74. The quantitative estimate of drug-likeness (QED) is 0.530. The largest absolute Gasteiger partial charge is 0.383 e. The Morgan fingerprint density at radius 1 is 1.50 bits per heavy atom. The van der Waals surface area contributed by atoms with Crippen molar-refractivity contribution < 1.29 is 4.74 Å². The summed E-state index contributed by atoms with van der Waals surface area (Å²) in [5.41, 5.74) is 5.60. The summed E-state index contributed by atoms with van der Waals surface area (Å²) in [6, 6.07) is 0. The van der Waals surface area contributed by atoms with Crippen molar-refractivity contribution in [1.29, 1.82) is 0 Å². The third-order valence-corrected chi connectivity index (χ3v) is 1.95. The van der Waals surface area contributed by atoms with Gasteiger partial charge in [-0.3, -0.25) is 0 Å². The maximum atomic E-state index is 5.60. The van der Waals surface area contributed by atoms with Gasteiger partial charge >= 0.3 is 0 Å². The Hall–Kier alpha value is -0.120. The second-order valence-electron chi connectivity index (χ2n) is 3.09. The van der Waals surface area contributed by atoms with E-state index in [1.165, 1.54) is 12.8 Å². The van der Waals surface area contributed by atoms with E-state index < -0.39 is 0 Å². The summed E-state index contributed by atoms with van der Waals surface area (Å²) in [4.78, 5) is 0. The first kappa shape index (κ1) is 11.9. The van der Waals surface area contributed by atoms with Crippen molar-refractivity contribution in [2.45, 2.75) is 19.8 Å². The molecule has 0 saturated heterocycles. The van der Waals surface area contributed by atoms with Gasteiger partial charge in [-0.25, -0.2) is 0 Å². The highest BCUT2D eigenvalue weighted by molar-refractivity contribution is 4.62. The van der Waals surface area contributed by atoms with Crippen LogP contribution in [0.25, 0.3) is 0 Å². The fraction of sp³-hybridized carbons (Fsp3) is 1.00. The molecular weight excluding hydrogens is 152 g/mol. The molecular formula is C9H22N2O. The molecule has 0 aromatic heterocycles. The van der Waals surface area contributed by atoms with E-state index in [0.717, 1.165) is 26.2 Å². The van der Waals surface area contributed by atoms with Gasteiger partial charge < -0.3 is 15.8 Å². The van der Waals surface area contributed by atoms with Crippen molar-refractivity contribution in [3.05, 3.63) is 0 Å². The normalized spacial score (nSPS) is 13.2. The SMILES string of the molecule is CCCC(CN)CNCCOC. The predicted molar refractivity (Wildman–Crippen MR) is 52.2 cm³/mol. The molecule has 0 bridgehead atoms. The molecule has 0 aromatic carbocycles. The Bertz CT molecular complexity index is 88.6. The van der Waals surface area contributed by atoms with Crippen molar-refractivity contribution >= 4 is 0 Å². The molecule has 1 unspecified atom stereocenters. The van der Waals surface area contributed by atoms with Gasteiger partial charge in [-0.1, -0.05) is 13.3 Å². The summed E-state index contributed by atoms with van der Waals surface area (Å²) in [5.74, 6) is 0.631. The van der Waals surface area contributed by atoms with E-state index in [9.17, 15) is 0 Å². The maximum Gasteiger partial charge on any atom is 0.0587 e. The number of rotatable bonds is 8. The topological polar surface area (TPSA) is 47.3 Å². The Morgan fingerprint density at radius 3 is 2.75 bits per heavy atom. The van der Waals surface area contributed by atoms with Crippen LogP contribution in [0.4, 0.5) is 0 Å². The number of nitrogens with two attached hydrogens (primary N) is 1. The number of nitrogens with one attached hydrogen (secondary N) is 1. The van der Waals surface area contributed by atoms with Crippen LogP contribution in [0.15, 0.2) is 0 Å². The molecule has 0 aromatic rings. The van der Waals surface area contributed by atoms with Gasteiger partial charge in [0.05, 0.1) is 6.61 Å². The van der Waals surface area contributed by atoms with Crippen LogP contribution < -0.4 is 11.1 Å². The number of ether oxygens (including phenoxy) is 1. The van der Waals surface area contributed by atoms with Gasteiger partial charge in [-0.05, 0) is 25.4 Å². The van der Waals surface area contributed by atoms with Crippen LogP contribution in [-0.2, 0) is 4.74 Å². The van der Waals surface area contributed by atoms with Crippen molar-refractivity contribution in [3.63, 3.8) is 0 Å². The molecule has 3 nitrogen and oxygen atoms in total. The maximum absolute atomic E-state index is 5.60. The molecule has 12 heavy (non-hydrogen) atoms. The average Bonchev–Trinajstić information content (AvgIpc) is 2.10. The van der Waals surface area contributed by atoms with Gasteiger partial charge in [-0.2, -0.15) is 0 Å². The molecule has 0 aliphatic heterocycles. The molecule has 0 radical (unpaired) electrons. The fourth-order valence-corrected chi connectivity index (χ4v) is 1.19. The first-order chi connectivity index (χ1) is 5.85. The van der Waals surface area contributed by atoms with Crippen molar-refractivity contribution in [2.24, 2.45) is 11.7 Å². The summed E-state index contributed by atoms with van der Waals surface area (Å²) in [7, 11) is 1.72. The van der Waals surface area contributed by atoms with Gasteiger partial charge in [0, 0.05) is 13.7 Å². The van der Waals surface area contributed by atoms with Crippen LogP contribution in [0, 0.1) is 5.92 Å². The standard InChI is InChI=1S/C9H22N2O/c1-3-4-9(7-10)8-11-5-6-12-2/h9,11H,3-8,10H2,1-2H3. The molecule has 3 N–H and O–H groups in total. The molecule has 0 aliphatic rings. The predicted octanol–water partition coefficient (Wildman–Crippen LogP) is 0.597. The number of methoxy groups -OCH3 is 1. The van der Waals surface area contributed by atoms with Gasteiger partial charge in [0.15, 0.2) is 0 Å². The zero-order valence-corrected chi connectivity index (χ0v) is 8.31. The molecule has 0 fully saturated rings. The van der Waals surface area contributed by atoms with Crippen molar-refractivity contribution in [2.75, 3.05) is 33.4 Å². The lowest BCUT2D eigenvalue weighted by molar-refractivity contribution is 0.197. The lowest BCUT2D eigenvalue weighted by Gasteiger charge is -2.13. The van der Waals surface area contributed by atoms with Crippen molar-refractivity contribution in [1.82, 2.24) is 5.32 Å². The molecule has 0 spiro atoms. The van der Waals surface area contributed by atoms with E-state index >= 15 is 0 Å². The minimum atomic E-state index is 0.631. The highest BCUT2D eigenvalue weighted by atomic mass is 16.5. The van der Waals surface area contributed by atoms with Crippen LogP contribution >= 0.6 is 0 Å². The smallest absolute Gasteiger partial charge is 0.0587 e.